The van der Waals surface area contributed by atoms with Crippen molar-refractivity contribution in [3.05, 3.63) is 12.5 Å². The Morgan fingerprint density at radius 2 is 2.24 bits per heavy atom. The van der Waals surface area contributed by atoms with Crippen molar-refractivity contribution < 1.29 is 29.6 Å². The second-order valence-electron chi connectivity index (χ2n) is 4.44. The number of imidazole rings is 1. The van der Waals surface area contributed by atoms with Crippen molar-refractivity contribution in [3.63, 3.8) is 0 Å². The molecule has 0 saturated carbocycles. The van der Waals surface area contributed by atoms with Gasteiger partial charge in [-0.05, 0) is 0 Å². The van der Waals surface area contributed by atoms with E-state index >= 15 is 0 Å². The lowest BCUT2D eigenvalue weighted by molar-refractivity contribution is -0.295. The van der Waals surface area contributed by atoms with Crippen LogP contribution in [0.4, 0.5) is 0 Å². The molecule has 1 fully saturated rings. The van der Waals surface area contributed by atoms with E-state index in [9.17, 15) is 15.3 Å². The predicted molar refractivity (Wildman–Crippen MR) is 64.3 cm³/mol. The van der Waals surface area contributed by atoms with E-state index in [-0.39, 0.29) is 6.01 Å². The van der Waals surface area contributed by atoms with E-state index in [2.05, 4.69) is 24.8 Å². The summed E-state index contributed by atoms with van der Waals surface area (Å²) in [6.07, 6.45) is -1.20. The SMILES string of the molecule is NO[C@@H]1O[C@H](CO)[C@@H](Oc2ncc3[nH]cnc3n2)C1(O)O. The van der Waals surface area contributed by atoms with Crippen LogP contribution in [-0.2, 0) is 9.57 Å². The molecule has 0 unspecified atom stereocenters. The second kappa shape index (κ2) is 5.14. The van der Waals surface area contributed by atoms with E-state index < -0.39 is 30.9 Å². The van der Waals surface area contributed by atoms with Gasteiger partial charge in [-0.2, -0.15) is 4.98 Å². The first-order valence-electron chi connectivity index (χ1n) is 5.95. The molecule has 21 heavy (non-hydrogen) atoms. The largest absolute Gasteiger partial charge is 0.451 e. The van der Waals surface area contributed by atoms with Crippen LogP contribution in [0.3, 0.4) is 0 Å². The number of H-pyrrole nitrogens is 1. The molecule has 0 spiro atoms. The minimum absolute atomic E-state index is 0.160. The Kier molecular flexibility index (Phi) is 3.44. The van der Waals surface area contributed by atoms with Gasteiger partial charge in [0.05, 0.1) is 19.1 Å². The maximum Gasteiger partial charge on any atom is 0.319 e. The summed E-state index contributed by atoms with van der Waals surface area (Å²) in [5.74, 6) is 2.34. The molecule has 3 heterocycles. The molecule has 114 valence electrons. The van der Waals surface area contributed by atoms with Crippen LogP contribution in [0.2, 0.25) is 0 Å². The van der Waals surface area contributed by atoms with Crippen LogP contribution < -0.4 is 10.6 Å². The zero-order chi connectivity index (χ0) is 15.0. The highest BCUT2D eigenvalue weighted by molar-refractivity contribution is 5.68. The van der Waals surface area contributed by atoms with Gasteiger partial charge in [-0.25, -0.2) is 15.9 Å². The van der Waals surface area contributed by atoms with Gasteiger partial charge in [0.25, 0.3) is 5.79 Å². The van der Waals surface area contributed by atoms with Gasteiger partial charge in [0.2, 0.25) is 6.29 Å². The van der Waals surface area contributed by atoms with Gasteiger partial charge < -0.3 is 29.8 Å². The molecule has 1 aliphatic heterocycles. The number of hydrogen-bond acceptors (Lipinski definition) is 10. The van der Waals surface area contributed by atoms with E-state index in [1.54, 1.807) is 0 Å². The third-order valence-electron chi connectivity index (χ3n) is 3.09. The fourth-order valence-corrected chi connectivity index (χ4v) is 2.06. The van der Waals surface area contributed by atoms with Crippen LogP contribution >= 0.6 is 0 Å². The fraction of sp³-hybridized carbons (Fsp3) is 0.500. The van der Waals surface area contributed by atoms with Crippen molar-refractivity contribution in [1.82, 2.24) is 19.9 Å². The number of nitrogens with zero attached hydrogens (tertiary/aromatic N) is 3. The summed E-state index contributed by atoms with van der Waals surface area (Å²) in [7, 11) is 0. The summed E-state index contributed by atoms with van der Waals surface area (Å²) in [4.78, 5) is 18.9. The van der Waals surface area contributed by atoms with E-state index in [0.29, 0.717) is 11.2 Å². The van der Waals surface area contributed by atoms with E-state index in [1.165, 1.54) is 12.5 Å². The molecule has 2 aromatic heterocycles. The number of hydrogen-bond donors (Lipinski definition) is 5. The minimum Gasteiger partial charge on any atom is -0.451 e. The number of ether oxygens (including phenoxy) is 2. The van der Waals surface area contributed by atoms with Crippen LogP contribution in [0.15, 0.2) is 12.5 Å². The number of fused-ring (bicyclic) bond motifs is 1. The van der Waals surface area contributed by atoms with Crippen molar-refractivity contribution >= 4 is 11.2 Å². The summed E-state index contributed by atoms with van der Waals surface area (Å²) in [5.41, 5.74) is 0.929. The van der Waals surface area contributed by atoms with Crippen molar-refractivity contribution in [2.75, 3.05) is 6.61 Å². The van der Waals surface area contributed by atoms with E-state index in [1.807, 2.05) is 0 Å². The Bertz CT molecular complexity index is 633. The van der Waals surface area contributed by atoms with Crippen LogP contribution in [0.1, 0.15) is 0 Å². The predicted octanol–water partition coefficient (Wildman–Crippen LogP) is -2.61. The first-order valence-corrected chi connectivity index (χ1v) is 5.95. The molecule has 1 saturated heterocycles. The summed E-state index contributed by atoms with van der Waals surface area (Å²) in [5, 5.41) is 29.1. The maximum absolute atomic E-state index is 9.96. The molecular weight excluding hydrogens is 286 g/mol. The van der Waals surface area contributed by atoms with Gasteiger partial charge >= 0.3 is 6.01 Å². The standard InChI is InChI=1S/C10H13N5O6/c11-21-8-10(17,18)6(5(2-16)19-8)20-9-12-1-4-7(15-9)14-3-13-4/h1,3,5-6,8,16-18H,2,11H2,(H,12,13,14,15)/t5-,6-,8+/m1/s1. The van der Waals surface area contributed by atoms with Crippen LogP contribution in [-0.4, -0.2) is 66.1 Å². The third kappa shape index (κ3) is 2.31. The second-order valence-corrected chi connectivity index (χ2v) is 4.44. The molecule has 0 amide bonds. The lowest BCUT2D eigenvalue weighted by Crippen LogP contribution is -2.53. The molecule has 3 atom stereocenters. The average molecular weight is 299 g/mol. The molecule has 2 aromatic rings. The molecule has 0 bridgehead atoms. The van der Waals surface area contributed by atoms with Crippen LogP contribution in [0.5, 0.6) is 6.01 Å². The van der Waals surface area contributed by atoms with Gasteiger partial charge in [0.1, 0.15) is 11.6 Å². The Hall–Kier alpha value is -1.89. The molecular formula is C10H13N5O6. The fourth-order valence-electron chi connectivity index (χ4n) is 2.06. The van der Waals surface area contributed by atoms with E-state index in [4.69, 9.17) is 15.4 Å². The Morgan fingerprint density at radius 1 is 1.43 bits per heavy atom. The summed E-state index contributed by atoms with van der Waals surface area (Å²) in [6.45, 7) is -0.544. The number of aromatic nitrogens is 4. The van der Waals surface area contributed by atoms with Crippen molar-refractivity contribution in [1.29, 1.82) is 0 Å². The van der Waals surface area contributed by atoms with Crippen molar-refractivity contribution in [2.24, 2.45) is 5.90 Å². The molecule has 11 heteroatoms. The Morgan fingerprint density at radius 3 is 2.95 bits per heavy atom. The van der Waals surface area contributed by atoms with Crippen molar-refractivity contribution in [2.45, 2.75) is 24.3 Å². The van der Waals surface area contributed by atoms with Gasteiger partial charge in [-0.3, -0.25) is 4.84 Å². The number of nitrogens with two attached hydrogens (primary N) is 1. The van der Waals surface area contributed by atoms with Crippen LogP contribution in [0.25, 0.3) is 11.2 Å². The quantitative estimate of drug-likeness (QED) is 0.298. The summed E-state index contributed by atoms with van der Waals surface area (Å²) in [6, 6.07) is -0.160. The Balaban J connectivity index is 1.87. The third-order valence-corrected chi connectivity index (χ3v) is 3.09. The smallest absolute Gasteiger partial charge is 0.319 e. The summed E-state index contributed by atoms with van der Waals surface area (Å²) >= 11 is 0. The van der Waals surface area contributed by atoms with E-state index in [0.717, 1.165) is 0 Å². The van der Waals surface area contributed by atoms with Gasteiger partial charge in [-0.15, -0.1) is 0 Å². The number of aliphatic hydroxyl groups excluding tert-OH is 1. The molecule has 0 aromatic carbocycles. The monoisotopic (exact) mass is 299 g/mol. The number of rotatable bonds is 4. The lowest BCUT2D eigenvalue weighted by Gasteiger charge is -2.26. The maximum atomic E-state index is 9.96. The Labute approximate surface area is 117 Å². The normalized spacial score (nSPS) is 28.1. The minimum atomic E-state index is -2.58. The topological polar surface area (TPSA) is 169 Å². The molecule has 0 aliphatic carbocycles. The average Bonchev–Trinajstić information content (AvgIpc) is 3.02. The van der Waals surface area contributed by atoms with Gasteiger partial charge in [0, 0.05) is 0 Å². The first kappa shape index (κ1) is 14.1. The summed E-state index contributed by atoms with van der Waals surface area (Å²) < 4.78 is 10.3. The zero-order valence-electron chi connectivity index (χ0n) is 10.6. The number of nitrogens with one attached hydrogen (secondary N) is 1. The molecule has 0 radical (unpaired) electrons. The highest BCUT2D eigenvalue weighted by atomic mass is 16.8. The van der Waals surface area contributed by atoms with Gasteiger partial charge in [0.15, 0.2) is 11.8 Å². The van der Waals surface area contributed by atoms with Gasteiger partial charge in [-0.1, -0.05) is 0 Å². The molecule has 6 N–H and O–H groups in total. The lowest BCUT2D eigenvalue weighted by atomic mass is 10.1. The first-order chi connectivity index (χ1) is 10.1. The molecule has 11 nitrogen and oxygen atoms in total. The number of aliphatic hydroxyl groups is 3. The number of aromatic amines is 1. The van der Waals surface area contributed by atoms with Crippen LogP contribution in [0, 0.1) is 0 Å². The highest BCUT2D eigenvalue weighted by Crippen LogP contribution is 2.31. The van der Waals surface area contributed by atoms with Crippen molar-refractivity contribution in [3.8, 4) is 6.01 Å². The molecule has 3 rings (SSSR count). The molecule has 1 aliphatic rings. The zero-order valence-corrected chi connectivity index (χ0v) is 10.6. The highest BCUT2D eigenvalue weighted by Gasteiger charge is 2.58.